The zero-order valence-corrected chi connectivity index (χ0v) is 8.17. The zero-order valence-electron chi connectivity index (χ0n) is 7.41. The summed E-state index contributed by atoms with van der Waals surface area (Å²) in [6.07, 6.45) is 0. The molecule has 1 heterocycles. The van der Waals surface area contributed by atoms with Gasteiger partial charge in [-0.2, -0.15) is 0 Å². The zero-order chi connectivity index (χ0) is 10.1. The molecular weight excluding hydrogens is 204 g/mol. The van der Waals surface area contributed by atoms with Crippen molar-refractivity contribution in [2.24, 2.45) is 0 Å². The summed E-state index contributed by atoms with van der Waals surface area (Å²) in [4.78, 5) is 11.3. The van der Waals surface area contributed by atoms with E-state index in [2.05, 4.69) is 0 Å². The number of fused-ring (bicyclic) bond motifs is 1. The minimum atomic E-state index is -0.520. The highest BCUT2D eigenvalue weighted by molar-refractivity contribution is 6.34. The molecule has 4 heteroatoms. The predicted molar refractivity (Wildman–Crippen MR) is 54.0 cm³/mol. The van der Waals surface area contributed by atoms with Crippen molar-refractivity contribution in [3.8, 4) is 5.75 Å². The van der Waals surface area contributed by atoms with Gasteiger partial charge < -0.3 is 9.15 Å². The van der Waals surface area contributed by atoms with E-state index in [0.717, 1.165) is 5.39 Å². The lowest BCUT2D eigenvalue weighted by atomic mass is 10.2. The molecule has 0 unspecified atom stereocenters. The van der Waals surface area contributed by atoms with Gasteiger partial charge in [-0.15, -0.1) is 0 Å². The van der Waals surface area contributed by atoms with Gasteiger partial charge in [-0.05, 0) is 12.1 Å². The highest BCUT2D eigenvalue weighted by Crippen LogP contribution is 2.23. The van der Waals surface area contributed by atoms with Crippen molar-refractivity contribution in [1.29, 1.82) is 0 Å². The predicted octanol–water partition coefficient (Wildman–Crippen LogP) is 2.46. The van der Waals surface area contributed by atoms with Gasteiger partial charge in [0.1, 0.15) is 0 Å². The molecule has 72 valence electrons. The Morgan fingerprint density at radius 1 is 1.43 bits per heavy atom. The van der Waals surface area contributed by atoms with E-state index in [1.54, 1.807) is 24.3 Å². The maximum atomic E-state index is 11.3. The minimum Gasteiger partial charge on any atom is -0.490 e. The maximum Gasteiger partial charge on any atom is 0.379 e. The molecule has 0 aliphatic carbocycles. The Balaban J connectivity index is 2.86. The van der Waals surface area contributed by atoms with Crippen LogP contribution in [0.1, 0.15) is 0 Å². The summed E-state index contributed by atoms with van der Waals surface area (Å²) in [7, 11) is 1.42. The van der Waals surface area contributed by atoms with Crippen LogP contribution in [0.25, 0.3) is 11.0 Å². The van der Waals surface area contributed by atoms with Crippen LogP contribution in [-0.4, -0.2) is 7.11 Å². The van der Waals surface area contributed by atoms with Crippen LogP contribution < -0.4 is 10.4 Å². The second-order valence-corrected chi connectivity index (χ2v) is 3.17. The Labute approximate surface area is 84.9 Å². The standard InChI is InChI=1S/C10H7ClO3/c1-13-8-5-6-3-2-4-7(11)9(6)14-10(8)12/h2-5H,1H3. The molecule has 0 aliphatic rings. The average Bonchev–Trinajstić information content (AvgIpc) is 2.19. The molecule has 0 saturated carbocycles. The fourth-order valence-electron chi connectivity index (χ4n) is 1.23. The number of benzene rings is 1. The number of hydrogen-bond donors (Lipinski definition) is 0. The molecule has 0 spiro atoms. The van der Waals surface area contributed by atoms with Gasteiger partial charge in [0.2, 0.25) is 5.75 Å². The van der Waals surface area contributed by atoms with Crippen molar-refractivity contribution in [2.45, 2.75) is 0 Å². The third kappa shape index (κ3) is 1.36. The van der Waals surface area contributed by atoms with E-state index >= 15 is 0 Å². The number of ether oxygens (including phenoxy) is 1. The summed E-state index contributed by atoms with van der Waals surface area (Å²) in [6.45, 7) is 0. The Morgan fingerprint density at radius 2 is 2.21 bits per heavy atom. The number of methoxy groups -OCH3 is 1. The molecule has 0 atom stereocenters. The van der Waals surface area contributed by atoms with Crippen molar-refractivity contribution in [3.05, 3.63) is 39.7 Å². The molecule has 0 amide bonds. The average molecular weight is 211 g/mol. The van der Waals surface area contributed by atoms with E-state index in [9.17, 15) is 4.79 Å². The molecule has 0 saturated heterocycles. The largest absolute Gasteiger partial charge is 0.490 e. The van der Waals surface area contributed by atoms with Gasteiger partial charge >= 0.3 is 5.63 Å². The Hall–Kier alpha value is -1.48. The van der Waals surface area contributed by atoms with Crippen LogP contribution >= 0.6 is 11.6 Å². The van der Waals surface area contributed by atoms with Crippen molar-refractivity contribution < 1.29 is 9.15 Å². The normalized spacial score (nSPS) is 10.4. The fraction of sp³-hybridized carbons (Fsp3) is 0.100. The molecular formula is C10H7ClO3. The van der Waals surface area contributed by atoms with E-state index in [4.69, 9.17) is 20.8 Å². The number of rotatable bonds is 1. The van der Waals surface area contributed by atoms with Crippen LogP contribution in [0.4, 0.5) is 0 Å². The molecule has 0 bridgehead atoms. The lowest BCUT2D eigenvalue weighted by Crippen LogP contribution is -2.02. The SMILES string of the molecule is COc1cc2cccc(Cl)c2oc1=O. The van der Waals surface area contributed by atoms with Gasteiger partial charge in [-0.1, -0.05) is 23.7 Å². The van der Waals surface area contributed by atoms with Crippen molar-refractivity contribution >= 4 is 22.6 Å². The van der Waals surface area contributed by atoms with Crippen molar-refractivity contribution in [2.75, 3.05) is 7.11 Å². The highest BCUT2D eigenvalue weighted by atomic mass is 35.5. The van der Waals surface area contributed by atoms with Gasteiger partial charge in [0.15, 0.2) is 5.58 Å². The molecule has 14 heavy (non-hydrogen) atoms. The summed E-state index contributed by atoms with van der Waals surface area (Å²) < 4.78 is 9.85. The monoisotopic (exact) mass is 210 g/mol. The highest BCUT2D eigenvalue weighted by Gasteiger charge is 2.06. The van der Waals surface area contributed by atoms with Crippen LogP contribution in [0.15, 0.2) is 33.5 Å². The second-order valence-electron chi connectivity index (χ2n) is 2.76. The first-order chi connectivity index (χ1) is 6.72. The number of para-hydroxylation sites is 1. The summed E-state index contributed by atoms with van der Waals surface area (Å²) >= 11 is 5.85. The summed E-state index contributed by atoms with van der Waals surface area (Å²) in [6, 6.07) is 6.85. The van der Waals surface area contributed by atoms with Crippen LogP contribution in [0.5, 0.6) is 5.75 Å². The van der Waals surface area contributed by atoms with Gasteiger partial charge in [0.25, 0.3) is 0 Å². The molecule has 2 rings (SSSR count). The van der Waals surface area contributed by atoms with Gasteiger partial charge in [0.05, 0.1) is 12.1 Å². The van der Waals surface area contributed by atoms with Gasteiger partial charge in [-0.25, -0.2) is 4.79 Å². The third-order valence-corrected chi connectivity index (χ3v) is 2.20. The Kier molecular flexibility index (Phi) is 2.17. The van der Waals surface area contributed by atoms with Gasteiger partial charge in [-0.3, -0.25) is 0 Å². The lowest BCUT2D eigenvalue weighted by Gasteiger charge is -2.01. The number of hydrogen-bond acceptors (Lipinski definition) is 3. The first-order valence-corrected chi connectivity index (χ1v) is 4.36. The molecule has 1 aromatic heterocycles. The molecule has 3 nitrogen and oxygen atoms in total. The van der Waals surface area contributed by atoms with Crippen LogP contribution in [0.3, 0.4) is 0 Å². The maximum absolute atomic E-state index is 11.3. The lowest BCUT2D eigenvalue weighted by molar-refractivity contribution is 0.385. The van der Waals surface area contributed by atoms with Gasteiger partial charge in [0, 0.05) is 5.39 Å². The molecule has 1 aromatic carbocycles. The summed E-state index contributed by atoms with van der Waals surface area (Å²) in [5.41, 5.74) is -0.131. The van der Waals surface area contributed by atoms with E-state index < -0.39 is 5.63 Å². The van der Waals surface area contributed by atoms with E-state index in [1.165, 1.54) is 7.11 Å². The molecule has 2 aromatic rings. The first-order valence-electron chi connectivity index (χ1n) is 3.99. The van der Waals surface area contributed by atoms with E-state index in [1.807, 2.05) is 0 Å². The first kappa shape index (κ1) is 9.09. The van der Waals surface area contributed by atoms with Crippen molar-refractivity contribution in [3.63, 3.8) is 0 Å². The summed E-state index contributed by atoms with van der Waals surface area (Å²) in [5.74, 6) is 0.180. The van der Waals surface area contributed by atoms with Crippen LogP contribution in [0.2, 0.25) is 5.02 Å². The quantitative estimate of drug-likeness (QED) is 0.679. The smallest absolute Gasteiger partial charge is 0.379 e. The molecule has 0 radical (unpaired) electrons. The fourth-order valence-corrected chi connectivity index (χ4v) is 1.45. The third-order valence-electron chi connectivity index (χ3n) is 1.90. The Morgan fingerprint density at radius 3 is 2.93 bits per heavy atom. The minimum absolute atomic E-state index is 0.180. The summed E-state index contributed by atoms with van der Waals surface area (Å²) in [5, 5.41) is 1.16. The number of halogens is 1. The topological polar surface area (TPSA) is 39.4 Å². The molecule has 0 aliphatic heterocycles. The van der Waals surface area contributed by atoms with Crippen molar-refractivity contribution in [1.82, 2.24) is 0 Å². The molecule has 0 N–H and O–H groups in total. The molecule has 0 fully saturated rings. The van der Waals surface area contributed by atoms with Crippen LogP contribution in [0, 0.1) is 0 Å². The Bertz CT molecular complexity index is 530. The van der Waals surface area contributed by atoms with E-state index in [0.29, 0.717) is 10.6 Å². The second kappa shape index (κ2) is 3.35. The van der Waals surface area contributed by atoms with E-state index in [-0.39, 0.29) is 5.75 Å². The van der Waals surface area contributed by atoms with Crippen LogP contribution in [-0.2, 0) is 0 Å².